The molecular weight excluding hydrogens is 378 g/mol. The number of aryl methyl sites for hydroxylation is 2. The molecule has 0 bridgehead atoms. The Balaban J connectivity index is 1.87. The highest BCUT2D eigenvalue weighted by atomic mass is 32.2. The Hall–Kier alpha value is -2.78. The summed E-state index contributed by atoms with van der Waals surface area (Å²) in [5.74, 6) is 1.21. The third-order valence-electron chi connectivity index (χ3n) is 4.43. The zero-order valence-corrected chi connectivity index (χ0v) is 17.1. The van der Waals surface area contributed by atoms with Crippen molar-refractivity contribution < 1.29 is 13.2 Å². The molecule has 0 saturated heterocycles. The van der Waals surface area contributed by atoms with Crippen LogP contribution in [0.25, 0.3) is 11.1 Å². The Labute approximate surface area is 164 Å². The molecule has 1 unspecified atom stereocenters. The highest BCUT2D eigenvalue weighted by Crippen LogP contribution is 2.28. The van der Waals surface area contributed by atoms with Crippen molar-refractivity contribution in [2.75, 3.05) is 7.11 Å². The number of aromatic nitrogens is 4. The maximum Gasteiger partial charge on any atom is 0.241 e. The van der Waals surface area contributed by atoms with Gasteiger partial charge in [0.05, 0.1) is 24.2 Å². The molecule has 1 aromatic carbocycles. The van der Waals surface area contributed by atoms with Gasteiger partial charge in [-0.05, 0) is 50.1 Å². The number of sulfonamides is 1. The van der Waals surface area contributed by atoms with Gasteiger partial charge in [0.2, 0.25) is 10.0 Å². The Kier molecular flexibility index (Phi) is 5.76. The molecule has 0 aliphatic heterocycles. The summed E-state index contributed by atoms with van der Waals surface area (Å²) < 4.78 is 35.2. The van der Waals surface area contributed by atoms with E-state index in [0.29, 0.717) is 18.1 Å². The number of hydrogen-bond acceptors (Lipinski definition) is 6. The molecule has 28 heavy (non-hydrogen) atoms. The summed E-state index contributed by atoms with van der Waals surface area (Å²) >= 11 is 0. The predicted molar refractivity (Wildman–Crippen MR) is 105 cm³/mol. The van der Waals surface area contributed by atoms with Crippen LogP contribution in [-0.4, -0.2) is 35.3 Å². The lowest BCUT2D eigenvalue weighted by atomic mass is 10.0. The predicted octanol–water partition coefficient (Wildman–Crippen LogP) is 2.72. The molecule has 2 aromatic heterocycles. The Morgan fingerprint density at radius 1 is 1.25 bits per heavy atom. The van der Waals surface area contributed by atoms with E-state index in [0.717, 1.165) is 16.7 Å². The number of benzene rings is 1. The number of ether oxygens (including phenoxy) is 1. The standard InChI is InChI=1S/C19H23N5O3S/c1-5-24-19(21-12-22-24)14(3)23-28(25,26)17-6-7-18(13(2)8-17)15-9-16(27-4)11-20-10-15/h6-12,14,23H,5H2,1-4H3. The number of nitrogens with zero attached hydrogens (tertiary/aromatic N) is 4. The Morgan fingerprint density at radius 3 is 2.71 bits per heavy atom. The van der Waals surface area contributed by atoms with Gasteiger partial charge in [-0.2, -0.15) is 5.10 Å². The fourth-order valence-electron chi connectivity index (χ4n) is 3.01. The fraction of sp³-hybridized carbons (Fsp3) is 0.316. The van der Waals surface area contributed by atoms with Gasteiger partial charge in [0.15, 0.2) is 0 Å². The molecule has 9 heteroatoms. The van der Waals surface area contributed by atoms with Crippen LogP contribution in [0.3, 0.4) is 0 Å². The van der Waals surface area contributed by atoms with Crippen LogP contribution < -0.4 is 9.46 Å². The van der Waals surface area contributed by atoms with E-state index in [-0.39, 0.29) is 4.90 Å². The minimum atomic E-state index is -3.72. The molecular formula is C19H23N5O3S. The lowest BCUT2D eigenvalue weighted by Gasteiger charge is -2.15. The molecule has 0 fully saturated rings. The number of hydrogen-bond donors (Lipinski definition) is 1. The zero-order chi connectivity index (χ0) is 20.3. The molecule has 0 amide bonds. The van der Waals surface area contributed by atoms with Crippen LogP contribution in [0.2, 0.25) is 0 Å². The van der Waals surface area contributed by atoms with Crippen LogP contribution in [0.4, 0.5) is 0 Å². The lowest BCUT2D eigenvalue weighted by molar-refractivity contribution is 0.413. The van der Waals surface area contributed by atoms with E-state index in [1.165, 1.54) is 6.33 Å². The van der Waals surface area contributed by atoms with E-state index in [4.69, 9.17) is 4.74 Å². The van der Waals surface area contributed by atoms with E-state index in [2.05, 4.69) is 19.8 Å². The van der Waals surface area contributed by atoms with Gasteiger partial charge < -0.3 is 4.74 Å². The first kappa shape index (κ1) is 20.0. The molecule has 0 aliphatic rings. The van der Waals surface area contributed by atoms with Crippen LogP contribution in [0.5, 0.6) is 5.75 Å². The summed E-state index contributed by atoms with van der Waals surface area (Å²) in [4.78, 5) is 8.51. The summed E-state index contributed by atoms with van der Waals surface area (Å²) in [7, 11) is -2.14. The van der Waals surface area contributed by atoms with Crippen LogP contribution in [0.15, 0.2) is 47.9 Å². The largest absolute Gasteiger partial charge is 0.495 e. The van der Waals surface area contributed by atoms with Gasteiger partial charge in [-0.25, -0.2) is 22.8 Å². The lowest BCUT2D eigenvalue weighted by Crippen LogP contribution is -2.29. The average molecular weight is 401 g/mol. The molecule has 3 rings (SSSR count). The molecule has 3 aromatic rings. The molecule has 1 N–H and O–H groups in total. The van der Waals surface area contributed by atoms with Crippen molar-refractivity contribution in [3.8, 4) is 16.9 Å². The second-order valence-electron chi connectivity index (χ2n) is 6.37. The van der Waals surface area contributed by atoms with Crippen LogP contribution in [0, 0.1) is 6.92 Å². The van der Waals surface area contributed by atoms with Gasteiger partial charge in [0, 0.05) is 18.3 Å². The van der Waals surface area contributed by atoms with E-state index in [9.17, 15) is 8.42 Å². The first-order valence-corrected chi connectivity index (χ1v) is 10.3. The first-order chi connectivity index (χ1) is 13.4. The summed E-state index contributed by atoms with van der Waals surface area (Å²) in [5, 5.41) is 4.09. The maximum atomic E-state index is 12.8. The maximum absolute atomic E-state index is 12.8. The minimum absolute atomic E-state index is 0.194. The molecule has 0 radical (unpaired) electrons. The topological polar surface area (TPSA) is 99.0 Å². The highest BCUT2D eigenvalue weighted by Gasteiger charge is 2.22. The van der Waals surface area contributed by atoms with Gasteiger partial charge in [0.25, 0.3) is 0 Å². The summed E-state index contributed by atoms with van der Waals surface area (Å²) in [6.45, 7) is 6.15. The molecule has 8 nitrogen and oxygen atoms in total. The summed E-state index contributed by atoms with van der Waals surface area (Å²) in [6, 6.07) is 6.37. The van der Waals surface area contributed by atoms with E-state index in [1.807, 2.05) is 19.9 Å². The second kappa shape index (κ2) is 8.07. The number of pyridine rings is 1. The highest BCUT2D eigenvalue weighted by molar-refractivity contribution is 7.89. The van der Waals surface area contributed by atoms with E-state index >= 15 is 0 Å². The quantitative estimate of drug-likeness (QED) is 0.653. The SMILES string of the molecule is CCn1ncnc1C(C)NS(=O)(=O)c1ccc(-c2cncc(OC)c2)c(C)c1. The minimum Gasteiger partial charge on any atom is -0.495 e. The second-order valence-corrected chi connectivity index (χ2v) is 8.08. The molecule has 1 atom stereocenters. The van der Waals surface area contributed by atoms with Gasteiger partial charge >= 0.3 is 0 Å². The van der Waals surface area contributed by atoms with Crippen molar-refractivity contribution in [2.45, 2.75) is 38.3 Å². The number of methoxy groups -OCH3 is 1. The normalized spacial score (nSPS) is 12.7. The molecule has 0 saturated carbocycles. The fourth-order valence-corrected chi connectivity index (χ4v) is 4.30. The summed E-state index contributed by atoms with van der Waals surface area (Å²) in [5.41, 5.74) is 2.57. The van der Waals surface area contributed by atoms with Gasteiger partial charge in [-0.1, -0.05) is 6.07 Å². The summed E-state index contributed by atoms with van der Waals surface area (Å²) in [6.07, 6.45) is 4.76. The third kappa shape index (κ3) is 4.05. The van der Waals surface area contributed by atoms with Crippen molar-refractivity contribution >= 4 is 10.0 Å². The Morgan fingerprint density at radius 2 is 2.04 bits per heavy atom. The Bertz CT molecular complexity index is 1080. The van der Waals surface area contributed by atoms with E-state index < -0.39 is 16.1 Å². The van der Waals surface area contributed by atoms with Crippen LogP contribution in [-0.2, 0) is 16.6 Å². The number of nitrogens with one attached hydrogen (secondary N) is 1. The monoisotopic (exact) mass is 401 g/mol. The van der Waals surface area contributed by atoms with Crippen molar-refractivity contribution in [3.05, 3.63) is 54.4 Å². The van der Waals surface area contributed by atoms with Crippen molar-refractivity contribution in [1.29, 1.82) is 0 Å². The van der Waals surface area contributed by atoms with Crippen molar-refractivity contribution in [1.82, 2.24) is 24.5 Å². The zero-order valence-electron chi connectivity index (χ0n) is 16.2. The molecule has 148 valence electrons. The van der Waals surface area contributed by atoms with Gasteiger partial charge in [-0.15, -0.1) is 0 Å². The van der Waals surface area contributed by atoms with E-state index in [1.54, 1.807) is 49.3 Å². The van der Waals surface area contributed by atoms with Gasteiger partial charge in [0.1, 0.15) is 17.9 Å². The molecule has 0 aliphatic carbocycles. The van der Waals surface area contributed by atoms with Crippen LogP contribution in [0.1, 0.15) is 31.3 Å². The molecule has 2 heterocycles. The van der Waals surface area contributed by atoms with Gasteiger partial charge in [-0.3, -0.25) is 4.98 Å². The average Bonchev–Trinajstić information content (AvgIpc) is 3.16. The number of rotatable bonds is 7. The van der Waals surface area contributed by atoms with Crippen molar-refractivity contribution in [2.24, 2.45) is 0 Å². The smallest absolute Gasteiger partial charge is 0.241 e. The third-order valence-corrected chi connectivity index (χ3v) is 5.97. The first-order valence-electron chi connectivity index (χ1n) is 8.85. The van der Waals surface area contributed by atoms with Crippen molar-refractivity contribution in [3.63, 3.8) is 0 Å². The van der Waals surface area contributed by atoms with Crippen LogP contribution >= 0.6 is 0 Å². The molecule has 0 spiro atoms.